The summed E-state index contributed by atoms with van der Waals surface area (Å²) in [5, 5.41) is 2.76. The first-order chi connectivity index (χ1) is 16.0. The van der Waals surface area contributed by atoms with Crippen molar-refractivity contribution >= 4 is 23.4 Å². The van der Waals surface area contributed by atoms with Gasteiger partial charge >= 0.3 is 0 Å². The lowest BCUT2D eigenvalue weighted by atomic mass is 10.0. The zero-order chi connectivity index (χ0) is 23.1. The van der Waals surface area contributed by atoms with Crippen molar-refractivity contribution in [2.45, 2.75) is 12.7 Å². The Hall–Kier alpha value is -4.27. The molecule has 0 bridgehead atoms. The maximum Gasteiger partial charge on any atom is 0.264 e. The largest absolute Gasteiger partial charge is 0.493 e. The van der Waals surface area contributed by atoms with Gasteiger partial charge in [0.25, 0.3) is 11.8 Å². The molecule has 0 radical (unpaired) electrons. The molecular weight excluding hydrogens is 426 g/mol. The summed E-state index contributed by atoms with van der Waals surface area (Å²) in [4.78, 5) is 42.8. The Labute approximate surface area is 189 Å². The number of amides is 3. The molecule has 9 nitrogen and oxygen atoms in total. The van der Waals surface area contributed by atoms with Crippen molar-refractivity contribution in [3.05, 3.63) is 77.2 Å². The summed E-state index contributed by atoms with van der Waals surface area (Å²) in [6.07, 6.45) is 0.733. The molecule has 5 rings (SSSR count). The highest BCUT2D eigenvalue weighted by Crippen LogP contribution is 2.49. The van der Waals surface area contributed by atoms with Crippen LogP contribution in [0, 0.1) is 0 Å². The molecule has 0 spiro atoms. The van der Waals surface area contributed by atoms with Crippen LogP contribution in [0.3, 0.4) is 0 Å². The Morgan fingerprint density at radius 3 is 2.58 bits per heavy atom. The number of methoxy groups -OCH3 is 2. The molecule has 2 aliphatic rings. The zero-order valence-electron chi connectivity index (χ0n) is 18.0. The van der Waals surface area contributed by atoms with E-state index in [1.54, 1.807) is 48.5 Å². The highest BCUT2D eigenvalue weighted by atomic mass is 16.5. The SMILES string of the molecule is COc1ccc2c(c1OC)C(=O)N1c3ccccc3C(=O)N(CC(=O)NCc3ccco3)[C@H]21. The molecule has 1 N–H and O–H groups in total. The second kappa shape index (κ2) is 8.01. The second-order valence-electron chi connectivity index (χ2n) is 7.62. The van der Waals surface area contributed by atoms with E-state index >= 15 is 0 Å². The maximum atomic E-state index is 13.6. The Bertz CT molecular complexity index is 1250. The van der Waals surface area contributed by atoms with Crippen molar-refractivity contribution in [3.8, 4) is 11.5 Å². The lowest BCUT2D eigenvalue weighted by molar-refractivity contribution is -0.122. The predicted molar refractivity (Wildman–Crippen MR) is 117 cm³/mol. The van der Waals surface area contributed by atoms with Gasteiger partial charge in [-0.05, 0) is 30.3 Å². The number of carbonyl (C=O) groups excluding carboxylic acids is 3. The average Bonchev–Trinajstić information content (AvgIpc) is 3.46. The minimum absolute atomic E-state index is 0.194. The minimum Gasteiger partial charge on any atom is -0.493 e. The molecule has 33 heavy (non-hydrogen) atoms. The van der Waals surface area contributed by atoms with Gasteiger partial charge in [-0.1, -0.05) is 18.2 Å². The van der Waals surface area contributed by atoms with E-state index in [0.29, 0.717) is 39.6 Å². The third-order valence-corrected chi connectivity index (χ3v) is 5.84. The van der Waals surface area contributed by atoms with Crippen molar-refractivity contribution in [1.82, 2.24) is 10.2 Å². The molecule has 3 heterocycles. The van der Waals surface area contributed by atoms with Gasteiger partial charge in [0.15, 0.2) is 11.5 Å². The third kappa shape index (κ3) is 3.20. The highest BCUT2D eigenvalue weighted by Gasteiger charge is 2.50. The van der Waals surface area contributed by atoms with Crippen LogP contribution >= 0.6 is 0 Å². The van der Waals surface area contributed by atoms with E-state index in [1.807, 2.05) is 0 Å². The number of fused-ring (bicyclic) bond motifs is 5. The van der Waals surface area contributed by atoms with E-state index in [1.165, 1.54) is 30.3 Å². The monoisotopic (exact) mass is 447 g/mol. The van der Waals surface area contributed by atoms with E-state index in [4.69, 9.17) is 13.9 Å². The predicted octanol–water partition coefficient (Wildman–Crippen LogP) is 2.73. The first-order valence-corrected chi connectivity index (χ1v) is 10.3. The van der Waals surface area contributed by atoms with E-state index in [-0.39, 0.29) is 30.8 Å². The van der Waals surface area contributed by atoms with Gasteiger partial charge in [0.1, 0.15) is 18.5 Å². The van der Waals surface area contributed by atoms with Gasteiger partial charge in [-0.2, -0.15) is 0 Å². The molecule has 0 aliphatic carbocycles. The summed E-state index contributed by atoms with van der Waals surface area (Å²) in [7, 11) is 2.95. The molecule has 2 aromatic carbocycles. The van der Waals surface area contributed by atoms with Gasteiger partial charge in [-0.25, -0.2) is 0 Å². The normalized spacial score (nSPS) is 16.2. The first-order valence-electron chi connectivity index (χ1n) is 10.3. The van der Waals surface area contributed by atoms with Crippen LogP contribution in [0.1, 0.15) is 38.2 Å². The molecule has 3 amide bonds. The third-order valence-electron chi connectivity index (χ3n) is 5.84. The summed E-state index contributed by atoms with van der Waals surface area (Å²) >= 11 is 0. The molecule has 0 saturated carbocycles. The van der Waals surface area contributed by atoms with E-state index in [2.05, 4.69) is 5.32 Å². The topological polar surface area (TPSA) is 101 Å². The summed E-state index contributed by atoms with van der Waals surface area (Å²) < 4.78 is 16.1. The molecular formula is C24H21N3O6. The smallest absolute Gasteiger partial charge is 0.264 e. The van der Waals surface area contributed by atoms with Gasteiger partial charge in [0, 0.05) is 5.56 Å². The quantitative estimate of drug-likeness (QED) is 0.624. The molecule has 168 valence electrons. The molecule has 9 heteroatoms. The summed E-state index contributed by atoms with van der Waals surface area (Å²) in [5.41, 5.74) is 1.72. The number of nitrogens with zero attached hydrogens (tertiary/aromatic N) is 2. The Morgan fingerprint density at radius 1 is 1.03 bits per heavy atom. The lowest BCUT2D eigenvalue weighted by Gasteiger charge is -2.40. The van der Waals surface area contributed by atoms with Gasteiger partial charge in [-0.3, -0.25) is 19.3 Å². The van der Waals surface area contributed by atoms with Crippen LogP contribution in [0.2, 0.25) is 0 Å². The van der Waals surface area contributed by atoms with Gasteiger partial charge in [0.2, 0.25) is 5.91 Å². The molecule has 2 aliphatic heterocycles. The standard InChI is InChI=1S/C24H21N3O6/c1-31-18-10-9-16-20(21(18)32-2)24(30)27-17-8-4-3-7-15(17)23(29)26(22(16)27)13-19(28)25-12-14-6-5-11-33-14/h3-11,22H,12-13H2,1-2H3,(H,25,28)/t22-/m0/s1. The number of nitrogens with one attached hydrogen (secondary N) is 1. The van der Waals surface area contributed by atoms with Crippen molar-refractivity contribution in [1.29, 1.82) is 0 Å². The number of para-hydroxylation sites is 1. The molecule has 1 atom stereocenters. The summed E-state index contributed by atoms with van der Waals surface area (Å²) in [5.74, 6) is 0.259. The van der Waals surface area contributed by atoms with Crippen LogP contribution < -0.4 is 19.7 Å². The number of anilines is 1. The van der Waals surface area contributed by atoms with Crippen LogP contribution in [-0.4, -0.2) is 43.4 Å². The Morgan fingerprint density at radius 2 is 1.85 bits per heavy atom. The number of hydrogen-bond donors (Lipinski definition) is 1. The van der Waals surface area contributed by atoms with Crippen molar-refractivity contribution < 1.29 is 28.3 Å². The first kappa shape index (κ1) is 20.6. The van der Waals surface area contributed by atoms with Crippen LogP contribution in [0.25, 0.3) is 0 Å². The highest BCUT2D eigenvalue weighted by molar-refractivity contribution is 6.18. The molecule has 0 fully saturated rings. The zero-order valence-corrected chi connectivity index (χ0v) is 18.0. The van der Waals surface area contributed by atoms with Gasteiger partial charge < -0.3 is 24.1 Å². The van der Waals surface area contributed by atoms with E-state index in [0.717, 1.165) is 0 Å². The fourth-order valence-corrected chi connectivity index (χ4v) is 4.40. The number of benzene rings is 2. The van der Waals surface area contributed by atoms with Crippen molar-refractivity contribution in [2.24, 2.45) is 0 Å². The van der Waals surface area contributed by atoms with Crippen molar-refractivity contribution in [2.75, 3.05) is 25.7 Å². The number of rotatable bonds is 6. The maximum absolute atomic E-state index is 13.6. The Kier molecular flexibility index (Phi) is 5.01. The molecule has 1 aromatic heterocycles. The Balaban J connectivity index is 1.56. The second-order valence-corrected chi connectivity index (χ2v) is 7.62. The van der Waals surface area contributed by atoms with Gasteiger partial charge in [0.05, 0.1) is 43.8 Å². The number of carbonyl (C=O) groups is 3. The van der Waals surface area contributed by atoms with Crippen molar-refractivity contribution in [3.63, 3.8) is 0 Å². The van der Waals surface area contributed by atoms with E-state index in [9.17, 15) is 14.4 Å². The van der Waals surface area contributed by atoms with Crippen LogP contribution in [-0.2, 0) is 11.3 Å². The lowest BCUT2D eigenvalue weighted by Crippen LogP contribution is -2.51. The minimum atomic E-state index is -0.788. The van der Waals surface area contributed by atoms with Crippen LogP contribution in [0.5, 0.6) is 11.5 Å². The molecule has 3 aromatic rings. The number of ether oxygens (including phenoxy) is 2. The van der Waals surface area contributed by atoms with E-state index < -0.39 is 6.17 Å². The average molecular weight is 447 g/mol. The van der Waals surface area contributed by atoms with Crippen LogP contribution in [0.4, 0.5) is 5.69 Å². The number of furan rings is 1. The summed E-state index contributed by atoms with van der Waals surface area (Å²) in [6, 6.07) is 13.8. The molecule has 0 saturated heterocycles. The fraction of sp³-hybridized carbons (Fsp3) is 0.208. The number of hydrogen-bond acceptors (Lipinski definition) is 6. The molecule has 0 unspecified atom stereocenters. The van der Waals surface area contributed by atoms with Gasteiger partial charge in [-0.15, -0.1) is 0 Å². The summed E-state index contributed by atoms with van der Waals surface area (Å²) in [6.45, 7) is -0.0462. The van der Waals surface area contributed by atoms with Crippen LogP contribution in [0.15, 0.2) is 59.2 Å². The fourth-order valence-electron chi connectivity index (χ4n) is 4.40.